The molecule has 1 rings (SSSR count). The molecule has 1 N–H and O–H groups in total. The zero-order valence-corrected chi connectivity index (χ0v) is 9.31. The van der Waals surface area contributed by atoms with Crippen LogP contribution in [-0.2, 0) is 13.5 Å². The van der Waals surface area contributed by atoms with Crippen molar-refractivity contribution >= 4 is 0 Å². The maximum atomic E-state index is 9.87. The normalized spacial score (nSPS) is 15.9. The Bertz CT molecular complexity index is 283. The van der Waals surface area contributed by atoms with E-state index in [0.717, 1.165) is 5.69 Å². The van der Waals surface area contributed by atoms with Crippen LogP contribution in [0.3, 0.4) is 0 Å². The highest BCUT2D eigenvalue weighted by Crippen LogP contribution is 2.16. The Kier molecular flexibility index (Phi) is 3.63. The number of aromatic nitrogens is 3. The molecule has 1 heterocycles. The molecule has 0 amide bonds. The number of aliphatic hydroxyl groups excluding tert-OH is 1. The van der Waals surface area contributed by atoms with Crippen LogP contribution in [0.2, 0.25) is 0 Å². The van der Waals surface area contributed by atoms with Crippen molar-refractivity contribution in [1.82, 2.24) is 15.0 Å². The summed E-state index contributed by atoms with van der Waals surface area (Å²) in [5.41, 5.74) is 0.854. The van der Waals surface area contributed by atoms with Gasteiger partial charge in [0.1, 0.15) is 0 Å². The Labute approximate surface area is 84.9 Å². The molecule has 0 aliphatic heterocycles. The topological polar surface area (TPSA) is 50.9 Å². The largest absolute Gasteiger partial charge is 0.392 e. The molecular formula is C10H19N3O. The molecule has 1 aromatic heterocycles. The van der Waals surface area contributed by atoms with E-state index < -0.39 is 0 Å². The minimum Gasteiger partial charge on any atom is -0.392 e. The third-order valence-electron chi connectivity index (χ3n) is 2.73. The summed E-state index contributed by atoms with van der Waals surface area (Å²) in [4.78, 5) is 0. The highest BCUT2D eigenvalue weighted by Gasteiger charge is 2.18. The standard InChI is InChI=1S/C10H19N3O/c1-7(2)8(3)10(14)5-9-6-13(4)12-11-9/h6-8,10,14H,5H2,1-4H3. The van der Waals surface area contributed by atoms with E-state index in [1.165, 1.54) is 0 Å². The van der Waals surface area contributed by atoms with E-state index in [-0.39, 0.29) is 12.0 Å². The quantitative estimate of drug-likeness (QED) is 0.783. The molecule has 0 aliphatic rings. The molecule has 0 aliphatic carbocycles. The number of nitrogens with zero attached hydrogens (tertiary/aromatic N) is 3. The van der Waals surface area contributed by atoms with E-state index >= 15 is 0 Å². The first-order chi connectivity index (χ1) is 6.50. The average Bonchev–Trinajstić information content (AvgIpc) is 2.49. The fourth-order valence-electron chi connectivity index (χ4n) is 1.33. The first kappa shape index (κ1) is 11.2. The average molecular weight is 197 g/mol. The van der Waals surface area contributed by atoms with Crippen molar-refractivity contribution in [3.05, 3.63) is 11.9 Å². The molecule has 2 unspecified atom stereocenters. The Morgan fingerprint density at radius 1 is 1.43 bits per heavy atom. The second kappa shape index (κ2) is 4.55. The van der Waals surface area contributed by atoms with E-state index in [2.05, 4.69) is 31.1 Å². The van der Waals surface area contributed by atoms with Gasteiger partial charge in [0, 0.05) is 19.7 Å². The molecule has 14 heavy (non-hydrogen) atoms. The Balaban J connectivity index is 2.52. The number of rotatable bonds is 4. The first-order valence-electron chi connectivity index (χ1n) is 5.04. The summed E-state index contributed by atoms with van der Waals surface area (Å²) in [5.74, 6) is 0.777. The van der Waals surface area contributed by atoms with Crippen LogP contribution in [0.1, 0.15) is 26.5 Å². The number of hydrogen-bond acceptors (Lipinski definition) is 3. The van der Waals surface area contributed by atoms with Gasteiger partial charge < -0.3 is 5.11 Å². The van der Waals surface area contributed by atoms with Crippen molar-refractivity contribution in [2.45, 2.75) is 33.3 Å². The van der Waals surface area contributed by atoms with Gasteiger partial charge in [0.05, 0.1) is 11.8 Å². The highest BCUT2D eigenvalue weighted by molar-refractivity contribution is 4.95. The molecule has 0 saturated heterocycles. The van der Waals surface area contributed by atoms with Gasteiger partial charge in [0.15, 0.2) is 0 Å². The van der Waals surface area contributed by atoms with Gasteiger partial charge in [-0.1, -0.05) is 26.0 Å². The van der Waals surface area contributed by atoms with Crippen LogP contribution in [0, 0.1) is 11.8 Å². The van der Waals surface area contributed by atoms with Gasteiger partial charge in [0.2, 0.25) is 0 Å². The number of aliphatic hydroxyl groups is 1. The Hall–Kier alpha value is -0.900. The Morgan fingerprint density at radius 3 is 2.50 bits per heavy atom. The summed E-state index contributed by atoms with van der Waals surface area (Å²) in [5, 5.41) is 17.7. The van der Waals surface area contributed by atoms with E-state index in [1.807, 2.05) is 13.2 Å². The predicted molar refractivity (Wildman–Crippen MR) is 54.7 cm³/mol. The lowest BCUT2D eigenvalue weighted by Gasteiger charge is -2.21. The van der Waals surface area contributed by atoms with Crippen molar-refractivity contribution < 1.29 is 5.11 Å². The lowest BCUT2D eigenvalue weighted by atomic mass is 9.90. The van der Waals surface area contributed by atoms with Crippen molar-refractivity contribution in [2.75, 3.05) is 0 Å². The SMILES string of the molecule is CC(C)C(C)C(O)Cc1cn(C)nn1. The van der Waals surface area contributed by atoms with Crippen LogP contribution in [0.5, 0.6) is 0 Å². The van der Waals surface area contributed by atoms with Gasteiger partial charge in [-0.2, -0.15) is 0 Å². The Morgan fingerprint density at radius 2 is 2.07 bits per heavy atom. The second-order valence-corrected chi connectivity index (χ2v) is 4.26. The van der Waals surface area contributed by atoms with Crippen LogP contribution in [0.15, 0.2) is 6.20 Å². The zero-order chi connectivity index (χ0) is 10.7. The molecule has 0 spiro atoms. The molecule has 0 aromatic carbocycles. The fraction of sp³-hybridized carbons (Fsp3) is 0.800. The van der Waals surface area contributed by atoms with Gasteiger partial charge in [-0.25, -0.2) is 0 Å². The summed E-state index contributed by atoms with van der Waals surface area (Å²) in [6.45, 7) is 6.29. The van der Waals surface area contributed by atoms with Crippen molar-refractivity contribution in [2.24, 2.45) is 18.9 Å². The lowest BCUT2D eigenvalue weighted by molar-refractivity contribution is 0.0912. The molecule has 4 heteroatoms. The smallest absolute Gasteiger partial charge is 0.0852 e. The number of aryl methyl sites for hydroxylation is 1. The molecule has 0 bridgehead atoms. The molecule has 4 nitrogen and oxygen atoms in total. The third-order valence-corrected chi connectivity index (χ3v) is 2.73. The highest BCUT2D eigenvalue weighted by atomic mass is 16.3. The minimum atomic E-state index is -0.327. The van der Waals surface area contributed by atoms with Gasteiger partial charge >= 0.3 is 0 Å². The predicted octanol–water partition coefficient (Wildman–Crippen LogP) is 1.01. The molecular weight excluding hydrogens is 178 g/mol. The number of hydrogen-bond donors (Lipinski definition) is 1. The molecule has 80 valence electrons. The maximum absolute atomic E-state index is 9.87. The van der Waals surface area contributed by atoms with E-state index in [1.54, 1.807) is 4.68 Å². The summed E-state index contributed by atoms with van der Waals surface area (Å²) in [6.07, 6.45) is 2.11. The van der Waals surface area contributed by atoms with Gasteiger partial charge in [-0.3, -0.25) is 4.68 Å². The van der Waals surface area contributed by atoms with Gasteiger partial charge in [0.25, 0.3) is 0 Å². The van der Waals surface area contributed by atoms with Gasteiger partial charge in [-0.05, 0) is 11.8 Å². The van der Waals surface area contributed by atoms with Crippen molar-refractivity contribution in [3.63, 3.8) is 0 Å². The van der Waals surface area contributed by atoms with Crippen LogP contribution < -0.4 is 0 Å². The van der Waals surface area contributed by atoms with E-state index in [0.29, 0.717) is 12.3 Å². The van der Waals surface area contributed by atoms with E-state index in [4.69, 9.17) is 0 Å². The van der Waals surface area contributed by atoms with Crippen LogP contribution in [-0.4, -0.2) is 26.2 Å². The summed E-state index contributed by atoms with van der Waals surface area (Å²) in [6, 6.07) is 0. The monoisotopic (exact) mass is 197 g/mol. The van der Waals surface area contributed by atoms with Gasteiger partial charge in [-0.15, -0.1) is 5.10 Å². The molecule has 0 radical (unpaired) electrons. The fourth-order valence-corrected chi connectivity index (χ4v) is 1.33. The maximum Gasteiger partial charge on any atom is 0.0852 e. The molecule has 2 atom stereocenters. The second-order valence-electron chi connectivity index (χ2n) is 4.26. The third kappa shape index (κ3) is 2.80. The molecule has 0 fully saturated rings. The minimum absolute atomic E-state index is 0.289. The van der Waals surface area contributed by atoms with Crippen LogP contribution >= 0.6 is 0 Å². The van der Waals surface area contributed by atoms with Crippen molar-refractivity contribution in [3.8, 4) is 0 Å². The summed E-state index contributed by atoms with van der Waals surface area (Å²) in [7, 11) is 1.83. The molecule has 1 aromatic rings. The van der Waals surface area contributed by atoms with Crippen LogP contribution in [0.4, 0.5) is 0 Å². The van der Waals surface area contributed by atoms with Crippen LogP contribution in [0.25, 0.3) is 0 Å². The first-order valence-corrected chi connectivity index (χ1v) is 5.04. The summed E-state index contributed by atoms with van der Waals surface area (Å²) < 4.78 is 1.65. The lowest BCUT2D eigenvalue weighted by Crippen LogP contribution is -2.24. The summed E-state index contributed by atoms with van der Waals surface area (Å²) >= 11 is 0. The zero-order valence-electron chi connectivity index (χ0n) is 9.31. The van der Waals surface area contributed by atoms with Crippen molar-refractivity contribution in [1.29, 1.82) is 0 Å². The molecule has 0 saturated carbocycles. The van der Waals surface area contributed by atoms with E-state index in [9.17, 15) is 5.11 Å².